The van der Waals surface area contributed by atoms with E-state index >= 15 is 0 Å². The number of aromatic nitrogens is 2. The van der Waals surface area contributed by atoms with Crippen molar-refractivity contribution in [2.24, 2.45) is 7.05 Å². The Morgan fingerprint density at radius 1 is 1.32 bits per heavy atom. The van der Waals surface area contributed by atoms with E-state index < -0.39 is 6.10 Å². The minimum absolute atomic E-state index is 0.446. The first-order valence-corrected chi connectivity index (χ1v) is 6.52. The van der Waals surface area contributed by atoms with E-state index in [1.54, 1.807) is 6.92 Å². The molecule has 0 unspecified atom stereocenters. The van der Waals surface area contributed by atoms with Gasteiger partial charge in [0.1, 0.15) is 12.4 Å². The SMILES string of the molecule is CCc1cc(COc2ccc([C@@H](C)O)cc2)n(C)n1. The number of ether oxygens (including phenoxy) is 1. The van der Waals surface area contributed by atoms with Crippen LogP contribution in [0.5, 0.6) is 5.75 Å². The van der Waals surface area contributed by atoms with Crippen LogP contribution in [0.1, 0.15) is 36.9 Å². The molecular weight excluding hydrogens is 240 g/mol. The summed E-state index contributed by atoms with van der Waals surface area (Å²) in [5, 5.41) is 13.8. The smallest absolute Gasteiger partial charge is 0.130 e. The molecular formula is C15H20N2O2. The van der Waals surface area contributed by atoms with E-state index in [2.05, 4.69) is 18.1 Å². The molecule has 0 amide bonds. The van der Waals surface area contributed by atoms with Crippen LogP contribution in [0.4, 0.5) is 0 Å². The Bertz CT molecular complexity index is 530. The van der Waals surface area contributed by atoms with Crippen LogP contribution < -0.4 is 4.74 Å². The van der Waals surface area contributed by atoms with Crippen molar-refractivity contribution in [3.8, 4) is 5.75 Å². The molecule has 4 heteroatoms. The summed E-state index contributed by atoms with van der Waals surface area (Å²) in [6, 6.07) is 9.56. The monoisotopic (exact) mass is 260 g/mol. The number of aliphatic hydroxyl groups is 1. The highest BCUT2D eigenvalue weighted by Crippen LogP contribution is 2.18. The molecule has 0 saturated heterocycles. The van der Waals surface area contributed by atoms with Gasteiger partial charge in [0.25, 0.3) is 0 Å². The highest BCUT2D eigenvalue weighted by molar-refractivity contribution is 5.28. The molecule has 0 radical (unpaired) electrons. The zero-order valence-electron chi connectivity index (χ0n) is 11.6. The average Bonchev–Trinajstić information content (AvgIpc) is 2.77. The van der Waals surface area contributed by atoms with Crippen molar-refractivity contribution >= 4 is 0 Å². The largest absolute Gasteiger partial charge is 0.487 e. The topological polar surface area (TPSA) is 47.3 Å². The van der Waals surface area contributed by atoms with E-state index in [1.165, 1.54) is 0 Å². The maximum absolute atomic E-state index is 9.44. The van der Waals surface area contributed by atoms with Gasteiger partial charge in [0.2, 0.25) is 0 Å². The number of hydrogen-bond donors (Lipinski definition) is 1. The van der Waals surface area contributed by atoms with Gasteiger partial charge in [-0.2, -0.15) is 5.10 Å². The van der Waals surface area contributed by atoms with Crippen LogP contribution in [0.25, 0.3) is 0 Å². The van der Waals surface area contributed by atoms with Crippen LogP contribution in [0.3, 0.4) is 0 Å². The molecule has 4 nitrogen and oxygen atoms in total. The van der Waals surface area contributed by atoms with Crippen molar-refractivity contribution in [2.45, 2.75) is 33.0 Å². The Hall–Kier alpha value is -1.81. The van der Waals surface area contributed by atoms with Crippen LogP contribution in [0.2, 0.25) is 0 Å². The lowest BCUT2D eigenvalue weighted by molar-refractivity contribution is 0.199. The van der Waals surface area contributed by atoms with Gasteiger partial charge >= 0.3 is 0 Å². The molecule has 1 heterocycles. The van der Waals surface area contributed by atoms with Gasteiger partial charge in [0.15, 0.2) is 0 Å². The van der Waals surface area contributed by atoms with Gasteiger partial charge in [-0.25, -0.2) is 0 Å². The highest BCUT2D eigenvalue weighted by atomic mass is 16.5. The summed E-state index contributed by atoms with van der Waals surface area (Å²) in [5.74, 6) is 0.795. The maximum atomic E-state index is 9.44. The summed E-state index contributed by atoms with van der Waals surface area (Å²) < 4.78 is 7.57. The molecule has 2 aromatic rings. The molecule has 0 aliphatic heterocycles. The van der Waals surface area contributed by atoms with Gasteiger partial charge in [-0.3, -0.25) is 4.68 Å². The number of hydrogen-bond acceptors (Lipinski definition) is 3. The standard InChI is InChI=1S/C15H20N2O2/c1-4-13-9-14(17(3)16-13)10-19-15-7-5-12(6-8-15)11(2)18/h5-9,11,18H,4,10H2,1-3H3/t11-/m1/s1. The third-order valence-corrected chi connectivity index (χ3v) is 3.14. The maximum Gasteiger partial charge on any atom is 0.130 e. The number of aliphatic hydroxyl groups excluding tert-OH is 1. The van der Waals surface area contributed by atoms with Crippen molar-refractivity contribution in [1.29, 1.82) is 0 Å². The lowest BCUT2D eigenvalue weighted by atomic mass is 10.1. The van der Waals surface area contributed by atoms with Gasteiger partial charge in [-0.1, -0.05) is 19.1 Å². The molecule has 0 aliphatic carbocycles. The summed E-state index contributed by atoms with van der Waals surface area (Å²) in [6.07, 6.45) is 0.481. The molecule has 0 bridgehead atoms. The molecule has 1 atom stereocenters. The number of rotatable bonds is 5. The van der Waals surface area contributed by atoms with Crippen LogP contribution in [0.15, 0.2) is 30.3 Å². The van der Waals surface area contributed by atoms with Gasteiger partial charge < -0.3 is 9.84 Å². The number of benzene rings is 1. The van der Waals surface area contributed by atoms with E-state index in [1.807, 2.05) is 36.0 Å². The molecule has 0 saturated carbocycles. The lowest BCUT2D eigenvalue weighted by Crippen LogP contribution is -2.03. The number of aryl methyl sites for hydroxylation is 2. The predicted octanol–water partition coefficient (Wildman–Crippen LogP) is 2.61. The van der Waals surface area contributed by atoms with Crippen LogP contribution in [-0.2, 0) is 20.1 Å². The summed E-state index contributed by atoms with van der Waals surface area (Å²) >= 11 is 0. The summed E-state index contributed by atoms with van der Waals surface area (Å²) in [6.45, 7) is 4.33. The molecule has 0 aliphatic rings. The zero-order chi connectivity index (χ0) is 13.8. The fraction of sp³-hybridized carbons (Fsp3) is 0.400. The summed E-state index contributed by atoms with van der Waals surface area (Å²) in [4.78, 5) is 0. The molecule has 102 valence electrons. The van der Waals surface area contributed by atoms with Gasteiger partial charge in [-0.15, -0.1) is 0 Å². The van der Waals surface area contributed by atoms with Crippen molar-refractivity contribution in [2.75, 3.05) is 0 Å². The summed E-state index contributed by atoms with van der Waals surface area (Å²) in [7, 11) is 1.92. The van der Waals surface area contributed by atoms with Gasteiger partial charge in [0, 0.05) is 7.05 Å². The Balaban J connectivity index is 1.99. The Morgan fingerprint density at radius 3 is 2.53 bits per heavy atom. The van der Waals surface area contributed by atoms with Gasteiger partial charge in [-0.05, 0) is 37.1 Å². The van der Waals surface area contributed by atoms with Crippen molar-refractivity contribution in [3.05, 3.63) is 47.3 Å². The van der Waals surface area contributed by atoms with Crippen molar-refractivity contribution < 1.29 is 9.84 Å². The summed E-state index contributed by atoms with van der Waals surface area (Å²) in [5.41, 5.74) is 3.02. The number of nitrogens with zero attached hydrogens (tertiary/aromatic N) is 2. The lowest BCUT2D eigenvalue weighted by Gasteiger charge is -2.08. The first kappa shape index (κ1) is 13.6. The first-order chi connectivity index (χ1) is 9.10. The van der Waals surface area contributed by atoms with Crippen LogP contribution >= 0.6 is 0 Å². The third-order valence-electron chi connectivity index (χ3n) is 3.14. The Morgan fingerprint density at radius 2 is 2.00 bits per heavy atom. The fourth-order valence-electron chi connectivity index (χ4n) is 1.88. The third kappa shape index (κ3) is 3.35. The first-order valence-electron chi connectivity index (χ1n) is 6.52. The molecule has 0 fully saturated rings. The van der Waals surface area contributed by atoms with Crippen LogP contribution in [-0.4, -0.2) is 14.9 Å². The Labute approximate surface area is 113 Å². The van der Waals surface area contributed by atoms with Crippen LogP contribution in [0, 0.1) is 0 Å². The van der Waals surface area contributed by atoms with Gasteiger partial charge in [0.05, 0.1) is 17.5 Å². The molecule has 1 aromatic heterocycles. The molecule has 0 spiro atoms. The molecule has 1 aromatic carbocycles. The second-order valence-electron chi connectivity index (χ2n) is 4.64. The quantitative estimate of drug-likeness (QED) is 0.899. The second kappa shape index (κ2) is 5.89. The average molecular weight is 260 g/mol. The highest BCUT2D eigenvalue weighted by Gasteiger charge is 2.05. The van der Waals surface area contributed by atoms with Crippen molar-refractivity contribution in [3.63, 3.8) is 0 Å². The molecule has 19 heavy (non-hydrogen) atoms. The zero-order valence-corrected chi connectivity index (χ0v) is 11.6. The van der Waals surface area contributed by atoms with E-state index in [0.29, 0.717) is 6.61 Å². The van der Waals surface area contributed by atoms with E-state index in [-0.39, 0.29) is 0 Å². The minimum Gasteiger partial charge on any atom is -0.487 e. The Kier molecular flexibility index (Phi) is 4.22. The fourth-order valence-corrected chi connectivity index (χ4v) is 1.88. The second-order valence-corrected chi connectivity index (χ2v) is 4.64. The van der Waals surface area contributed by atoms with E-state index in [4.69, 9.17) is 4.74 Å². The minimum atomic E-state index is -0.446. The van der Waals surface area contributed by atoms with E-state index in [9.17, 15) is 5.11 Å². The normalized spacial score (nSPS) is 12.4. The van der Waals surface area contributed by atoms with E-state index in [0.717, 1.165) is 29.1 Å². The predicted molar refractivity (Wildman–Crippen MR) is 74.0 cm³/mol. The van der Waals surface area contributed by atoms with Crippen molar-refractivity contribution in [1.82, 2.24) is 9.78 Å². The molecule has 2 rings (SSSR count). The molecule has 1 N–H and O–H groups in total.